The summed E-state index contributed by atoms with van der Waals surface area (Å²) in [5.74, 6) is 1.78. The Morgan fingerprint density at radius 3 is 2.78 bits per heavy atom. The van der Waals surface area contributed by atoms with E-state index in [1.165, 1.54) is 0 Å². The summed E-state index contributed by atoms with van der Waals surface area (Å²) >= 11 is 0. The van der Waals surface area contributed by atoms with Gasteiger partial charge in [0.1, 0.15) is 17.9 Å². The van der Waals surface area contributed by atoms with Gasteiger partial charge in [-0.1, -0.05) is 18.2 Å². The van der Waals surface area contributed by atoms with E-state index in [0.717, 1.165) is 23.6 Å². The molecule has 18 heavy (non-hydrogen) atoms. The minimum atomic E-state index is 0.00389. The molecule has 1 aromatic heterocycles. The minimum Gasteiger partial charge on any atom is -0.496 e. The third-order valence-electron chi connectivity index (χ3n) is 2.92. The number of aryl methyl sites for hydroxylation is 1. The lowest BCUT2D eigenvalue weighted by atomic mass is 10.0. The van der Waals surface area contributed by atoms with Gasteiger partial charge in [0.15, 0.2) is 0 Å². The molecule has 0 saturated heterocycles. The highest BCUT2D eigenvalue weighted by molar-refractivity contribution is 5.33. The van der Waals surface area contributed by atoms with Crippen molar-refractivity contribution in [3.8, 4) is 5.75 Å². The van der Waals surface area contributed by atoms with E-state index in [2.05, 4.69) is 10.1 Å². The fraction of sp³-hybridized carbons (Fsp3) is 0.385. The molecular formula is C13H18N4O. The highest BCUT2D eigenvalue weighted by atomic mass is 16.5. The van der Waals surface area contributed by atoms with Crippen molar-refractivity contribution in [1.29, 1.82) is 0 Å². The molecule has 1 unspecified atom stereocenters. The molecule has 0 amide bonds. The van der Waals surface area contributed by atoms with Gasteiger partial charge in [-0.25, -0.2) is 4.98 Å². The van der Waals surface area contributed by atoms with E-state index < -0.39 is 0 Å². The standard InChI is InChI=1S/C13H18N4O/c1-17-13(15-9-16-17)8-11(14)7-10-5-3-4-6-12(10)18-2/h3-6,9,11H,7-8,14H2,1-2H3. The molecule has 0 saturated carbocycles. The molecular weight excluding hydrogens is 228 g/mol. The summed E-state index contributed by atoms with van der Waals surface area (Å²) in [6.07, 6.45) is 3.01. The Labute approximate surface area is 107 Å². The maximum Gasteiger partial charge on any atom is 0.138 e. The number of hydrogen-bond acceptors (Lipinski definition) is 4. The Bertz CT molecular complexity index is 509. The number of hydrogen-bond donors (Lipinski definition) is 1. The quantitative estimate of drug-likeness (QED) is 0.852. The number of aromatic nitrogens is 3. The number of ether oxygens (including phenoxy) is 1. The van der Waals surface area contributed by atoms with Crippen LogP contribution in [0.3, 0.4) is 0 Å². The van der Waals surface area contributed by atoms with Crippen molar-refractivity contribution in [2.24, 2.45) is 12.8 Å². The Morgan fingerprint density at radius 1 is 1.33 bits per heavy atom. The molecule has 2 N–H and O–H groups in total. The van der Waals surface area contributed by atoms with Gasteiger partial charge in [0.25, 0.3) is 0 Å². The lowest BCUT2D eigenvalue weighted by molar-refractivity contribution is 0.407. The summed E-state index contributed by atoms with van der Waals surface area (Å²) in [5, 5.41) is 4.04. The first-order valence-corrected chi connectivity index (χ1v) is 5.91. The lowest BCUT2D eigenvalue weighted by Crippen LogP contribution is -2.27. The summed E-state index contributed by atoms with van der Waals surface area (Å²) in [6.45, 7) is 0. The summed E-state index contributed by atoms with van der Waals surface area (Å²) < 4.78 is 7.07. The van der Waals surface area contributed by atoms with Crippen LogP contribution in [0.25, 0.3) is 0 Å². The number of nitrogens with two attached hydrogens (primary N) is 1. The van der Waals surface area contributed by atoms with Crippen molar-refractivity contribution < 1.29 is 4.74 Å². The predicted molar refractivity (Wildman–Crippen MR) is 69.4 cm³/mol. The van der Waals surface area contributed by atoms with Crippen molar-refractivity contribution in [1.82, 2.24) is 14.8 Å². The molecule has 96 valence electrons. The van der Waals surface area contributed by atoms with Gasteiger partial charge in [-0.15, -0.1) is 0 Å². The highest BCUT2D eigenvalue weighted by Crippen LogP contribution is 2.19. The zero-order valence-electron chi connectivity index (χ0n) is 10.7. The third kappa shape index (κ3) is 2.87. The second-order valence-electron chi connectivity index (χ2n) is 4.28. The molecule has 2 aromatic rings. The number of para-hydroxylation sites is 1. The van der Waals surface area contributed by atoms with Crippen LogP contribution < -0.4 is 10.5 Å². The second kappa shape index (κ2) is 5.64. The van der Waals surface area contributed by atoms with Crippen LogP contribution in [0.2, 0.25) is 0 Å². The molecule has 1 aromatic carbocycles. The Kier molecular flexibility index (Phi) is 3.94. The van der Waals surface area contributed by atoms with Crippen LogP contribution in [0.5, 0.6) is 5.75 Å². The number of nitrogens with zero attached hydrogens (tertiary/aromatic N) is 3. The molecule has 0 spiro atoms. The second-order valence-corrected chi connectivity index (χ2v) is 4.28. The van der Waals surface area contributed by atoms with Crippen molar-refractivity contribution in [3.63, 3.8) is 0 Å². The van der Waals surface area contributed by atoms with Gasteiger partial charge < -0.3 is 10.5 Å². The van der Waals surface area contributed by atoms with Crippen molar-refractivity contribution in [2.75, 3.05) is 7.11 Å². The van der Waals surface area contributed by atoms with E-state index in [4.69, 9.17) is 10.5 Å². The van der Waals surface area contributed by atoms with Crippen LogP contribution in [0, 0.1) is 0 Å². The number of rotatable bonds is 5. The summed E-state index contributed by atoms with van der Waals surface area (Å²) in [7, 11) is 3.55. The monoisotopic (exact) mass is 246 g/mol. The summed E-state index contributed by atoms with van der Waals surface area (Å²) in [6, 6.07) is 7.94. The SMILES string of the molecule is COc1ccccc1CC(N)Cc1ncnn1C. The first kappa shape index (κ1) is 12.6. The first-order valence-electron chi connectivity index (χ1n) is 5.91. The van der Waals surface area contributed by atoms with Gasteiger partial charge in [-0.2, -0.15) is 5.10 Å². The number of methoxy groups -OCH3 is 1. The van der Waals surface area contributed by atoms with Gasteiger partial charge in [0.2, 0.25) is 0 Å². The van der Waals surface area contributed by atoms with Crippen LogP contribution in [0.15, 0.2) is 30.6 Å². The molecule has 1 atom stereocenters. The average Bonchev–Trinajstić information content (AvgIpc) is 2.75. The van der Waals surface area contributed by atoms with Crippen LogP contribution in [0.1, 0.15) is 11.4 Å². The van der Waals surface area contributed by atoms with Crippen molar-refractivity contribution in [3.05, 3.63) is 42.0 Å². The van der Waals surface area contributed by atoms with E-state index in [9.17, 15) is 0 Å². The molecule has 0 aliphatic carbocycles. The summed E-state index contributed by atoms with van der Waals surface area (Å²) in [5.41, 5.74) is 7.27. The van der Waals surface area contributed by atoms with Crippen molar-refractivity contribution in [2.45, 2.75) is 18.9 Å². The molecule has 0 radical (unpaired) electrons. The van der Waals surface area contributed by atoms with Crippen LogP contribution >= 0.6 is 0 Å². The lowest BCUT2D eigenvalue weighted by Gasteiger charge is -2.13. The normalized spacial score (nSPS) is 12.4. The fourth-order valence-corrected chi connectivity index (χ4v) is 1.97. The van der Waals surface area contributed by atoms with Crippen LogP contribution in [-0.4, -0.2) is 27.9 Å². The highest BCUT2D eigenvalue weighted by Gasteiger charge is 2.11. The topological polar surface area (TPSA) is 66.0 Å². The Hall–Kier alpha value is -1.88. The molecule has 5 heteroatoms. The van der Waals surface area contributed by atoms with E-state index >= 15 is 0 Å². The van der Waals surface area contributed by atoms with Crippen LogP contribution in [0.4, 0.5) is 0 Å². The zero-order chi connectivity index (χ0) is 13.0. The van der Waals surface area contributed by atoms with Gasteiger partial charge in [0.05, 0.1) is 7.11 Å². The van der Waals surface area contributed by atoms with Gasteiger partial charge in [0, 0.05) is 19.5 Å². The van der Waals surface area contributed by atoms with E-state index in [-0.39, 0.29) is 6.04 Å². The third-order valence-corrected chi connectivity index (χ3v) is 2.92. The van der Waals surface area contributed by atoms with Crippen LogP contribution in [-0.2, 0) is 19.9 Å². The maximum absolute atomic E-state index is 6.15. The molecule has 1 heterocycles. The molecule has 5 nitrogen and oxygen atoms in total. The maximum atomic E-state index is 6.15. The molecule has 2 rings (SSSR count). The van der Waals surface area contributed by atoms with E-state index in [0.29, 0.717) is 6.42 Å². The zero-order valence-corrected chi connectivity index (χ0v) is 10.7. The molecule has 0 bridgehead atoms. The predicted octanol–water partition coefficient (Wildman–Crippen LogP) is 0.936. The fourth-order valence-electron chi connectivity index (χ4n) is 1.97. The van der Waals surface area contributed by atoms with Gasteiger partial charge >= 0.3 is 0 Å². The Morgan fingerprint density at radius 2 is 2.11 bits per heavy atom. The smallest absolute Gasteiger partial charge is 0.138 e. The molecule has 0 fully saturated rings. The van der Waals surface area contributed by atoms with Gasteiger partial charge in [-0.05, 0) is 18.1 Å². The average molecular weight is 246 g/mol. The summed E-state index contributed by atoms with van der Waals surface area (Å²) in [4.78, 5) is 4.18. The van der Waals surface area contributed by atoms with E-state index in [1.807, 2.05) is 31.3 Å². The number of benzene rings is 1. The van der Waals surface area contributed by atoms with Gasteiger partial charge in [-0.3, -0.25) is 4.68 Å². The largest absolute Gasteiger partial charge is 0.496 e. The first-order chi connectivity index (χ1) is 8.70. The molecule has 0 aliphatic heterocycles. The Balaban J connectivity index is 2.03. The molecule has 0 aliphatic rings. The minimum absolute atomic E-state index is 0.00389. The van der Waals surface area contributed by atoms with Crippen molar-refractivity contribution >= 4 is 0 Å². The van der Waals surface area contributed by atoms with E-state index in [1.54, 1.807) is 18.1 Å².